The Balaban J connectivity index is 1.50. The third kappa shape index (κ3) is 5.15. The predicted molar refractivity (Wildman–Crippen MR) is 103 cm³/mol. The van der Waals surface area contributed by atoms with Crippen LogP contribution in [-0.4, -0.2) is 28.5 Å². The van der Waals surface area contributed by atoms with Gasteiger partial charge in [-0.05, 0) is 37.5 Å². The first-order valence-electron chi connectivity index (χ1n) is 9.55. The summed E-state index contributed by atoms with van der Waals surface area (Å²) in [7, 11) is 0. The van der Waals surface area contributed by atoms with Crippen molar-refractivity contribution in [2.75, 3.05) is 16.8 Å². The third-order valence-corrected chi connectivity index (χ3v) is 4.56. The lowest BCUT2D eigenvalue weighted by Gasteiger charge is -2.27. The second kappa shape index (κ2) is 8.79. The van der Waals surface area contributed by atoms with Crippen molar-refractivity contribution in [3.63, 3.8) is 0 Å². The van der Waals surface area contributed by atoms with Gasteiger partial charge in [-0.3, -0.25) is 9.59 Å². The number of hydrogen-bond donors (Lipinski definition) is 1. The van der Waals surface area contributed by atoms with Gasteiger partial charge in [0.2, 0.25) is 17.7 Å². The molecule has 1 aromatic heterocycles. The van der Waals surface area contributed by atoms with E-state index >= 15 is 0 Å². The minimum absolute atomic E-state index is 0.0688. The van der Waals surface area contributed by atoms with E-state index in [9.17, 15) is 9.59 Å². The molecule has 0 radical (unpaired) electrons. The largest absolute Gasteiger partial charge is 0.339 e. The molecule has 144 valence electrons. The van der Waals surface area contributed by atoms with E-state index in [1.165, 1.54) is 0 Å². The lowest BCUT2D eigenvalue weighted by atomic mass is 10.1. The molecule has 0 atom stereocenters. The molecular weight excluding hydrogens is 344 g/mol. The maximum absolute atomic E-state index is 12.2. The van der Waals surface area contributed by atoms with Crippen molar-refractivity contribution >= 4 is 23.2 Å². The molecule has 0 unspecified atom stereocenters. The van der Waals surface area contributed by atoms with Gasteiger partial charge in [0, 0.05) is 43.1 Å². The third-order valence-electron chi connectivity index (χ3n) is 4.56. The molecule has 27 heavy (non-hydrogen) atoms. The van der Waals surface area contributed by atoms with Crippen LogP contribution in [-0.2, 0) is 16.0 Å². The van der Waals surface area contributed by atoms with Gasteiger partial charge in [0.05, 0.1) is 0 Å². The van der Waals surface area contributed by atoms with Crippen molar-refractivity contribution in [3.8, 4) is 0 Å². The van der Waals surface area contributed by atoms with Crippen molar-refractivity contribution in [1.82, 2.24) is 10.1 Å². The van der Waals surface area contributed by atoms with E-state index in [0.29, 0.717) is 43.1 Å². The lowest BCUT2D eigenvalue weighted by molar-refractivity contribution is -0.119. The van der Waals surface area contributed by atoms with Crippen LogP contribution in [0.1, 0.15) is 63.6 Å². The standard InChI is InChI=1S/C20H26N4O3/c1-14(2)20-22-18(27-23-20)10-6-9-17(25)21-15-7-5-8-16(13-15)24-12-4-3-11-19(24)26/h5,7-8,13-14H,3-4,6,9-12H2,1-2H3,(H,21,25). The number of nitrogens with one attached hydrogen (secondary N) is 1. The number of amides is 2. The highest BCUT2D eigenvalue weighted by Crippen LogP contribution is 2.24. The fraction of sp³-hybridized carbons (Fsp3) is 0.500. The van der Waals surface area contributed by atoms with Crippen LogP contribution in [0.4, 0.5) is 11.4 Å². The van der Waals surface area contributed by atoms with Gasteiger partial charge < -0.3 is 14.7 Å². The normalized spacial score (nSPS) is 14.6. The van der Waals surface area contributed by atoms with Crippen LogP contribution in [0.15, 0.2) is 28.8 Å². The maximum atomic E-state index is 12.2. The van der Waals surface area contributed by atoms with Crippen LogP contribution < -0.4 is 10.2 Å². The van der Waals surface area contributed by atoms with Crippen molar-refractivity contribution in [1.29, 1.82) is 0 Å². The van der Waals surface area contributed by atoms with Crippen molar-refractivity contribution in [3.05, 3.63) is 36.0 Å². The molecule has 1 fully saturated rings. The molecule has 7 nitrogen and oxygen atoms in total. The zero-order valence-electron chi connectivity index (χ0n) is 15.9. The SMILES string of the molecule is CC(C)c1noc(CCCC(=O)Nc2cccc(N3CCCCC3=O)c2)n1. The number of rotatable bonds is 7. The van der Waals surface area contributed by atoms with Gasteiger partial charge in [0.25, 0.3) is 0 Å². The van der Waals surface area contributed by atoms with Crippen LogP contribution in [0.2, 0.25) is 0 Å². The Labute approximate surface area is 159 Å². The molecule has 1 aliphatic heterocycles. The summed E-state index contributed by atoms with van der Waals surface area (Å²) < 4.78 is 5.19. The van der Waals surface area contributed by atoms with Gasteiger partial charge in [-0.2, -0.15) is 4.98 Å². The number of carbonyl (C=O) groups excluding carboxylic acids is 2. The molecule has 1 saturated heterocycles. The van der Waals surface area contributed by atoms with Gasteiger partial charge in [-0.15, -0.1) is 0 Å². The fourth-order valence-corrected chi connectivity index (χ4v) is 3.06. The number of nitrogens with zero attached hydrogens (tertiary/aromatic N) is 3. The van der Waals surface area contributed by atoms with E-state index in [-0.39, 0.29) is 17.7 Å². The molecular formula is C20H26N4O3. The van der Waals surface area contributed by atoms with Gasteiger partial charge in [0.15, 0.2) is 5.82 Å². The molecule has 3 rings (SSSR count). The number of carbonyl (C=O) groups is 2. The summed E-state index contributed by atoms with van der Waals surface area (Å²) in [5.41, 5.74) is 1.54. The van der Waals surface area contributed by atoms with E-state index in [4.69, 9.17) is 4.52 Å². The summed E-state index contributed by atoms with van der Waals surface area (Å²) >= 11 is 0. The molecule has 1 aliphatic rings. The summed E-state index contributed by atoms with van der Waals surface area (Å²) in [6, 6.07) is 7.45. The summed E-state index contributed by atoms with van der Waals surface area (Å²) in [5.74, 6) is 1.56. The zero-order valence-corrected chi connectivity index (χ0v) is 15.9. The highest BCUT2D eigenvalue weighted by Gasteiger charge is 2.19. The number of piperidine rings is 1. The Morgan fingerprint density at radius 1 is 1.33 bits per heavy atom. The average molecular weight is 370 g/mol. The van der Waals surface area contributed by atoms with Gasteiger partial charge in [0.1, 0.15) is 0 Å². The smallest absolute Gasteiger partial charge is 0.226 e. The molecule has 0 spiro atoms. The Bertz CT molecular complexity index is 800. The molecule has 0 saturated carbocycles. The maximum Gasteiger partial charge on any atom is 0.226 e. The van der Waals surface area contributed by atoms with E-state index in [0.717, 1.165) is 25.1 Å². The fourth-order valence-electron chi connectivity index (χ4n) is 3.06. The highest BCUT2D eigenvalue weighted by molar-refractivity contribution is 5.96. The van der Waals surface area contributed by atoms with Gasteiger partial charge in [-0.1, -0.05) is 25.1 Å². The first-order valence-corrected chi connectivity index (χ1v) is 9.55. The quantitative estimate of drug-likeness (QED) is 0.803. The van der Waals surface area contributed by atoms with Crippen LogP contribution in [0.5, 0.6) is 0 Å². The summed E-state index contributed by atoms with van der Waals surface area (Å²) in [6.45, 7) is 4.75. The Hall–Kier alpha value is -2.70. The summed E-state index contributed by atoms with van der Waals surface area (Å²) in [6.07, 6.45) is 4.13. The van der Waals surface area contributed by atoms with Crippen molar-refractivity contribution in [2.45, 2.75) is 58.3 Å². The lowest BCUT2D eigenvalue weighted by Crippen LogP contribution is -2.35. The van der Waals surface area contributed by atoms with Crippen LogP contribution in [0, 0.1) is 0 Å². The van der Waals surface area contributed by atoms with Crippen LogP contribution in [0.3, 0.4) is 0 Å². The molecule has 1 N–H and O–H groups in total. The molecule has 2 aromatic rings. The first kappa shape index (κ1) is 19.1. The predicted octanol–water partition coefficient (Wildman–Crippen LogP) is 3.67. The number of benzene rings is 1. The van der Waals surface area contributed by atoms with Gasteiger partial charge in [-0.25, -0.2) is 0 Å². The zero-order chi connectivity index (χ0) is 19.2. The number of anilines is 2. The van der Waals surface area contributed by atoms with E-state index in [1.54, 1.807) is 4.90 Å². The van der Waals surface area contributed by atoms with Crippen molar-refractivity contribution < 1.29 is 14.1 Å². The minimum atomic E-state index is -0.0688. The summed E-state index contributed by atoms with van der Waals surface area (Å²) in [5, 5.41) is 6.82. The molecule has 0 aliphatic carbocycles. The Morgan fingerprint density at radius 2 is 2.19 bits per heavy atom. The molecule has 0 bridgehead atoms. The number of hydrogen-bond acceptors (Lipinski definition) is 5. The molecule has 2 heterocycles. The highest BCUT2D eigenvalue weighted by atomic mass is 16.5. The Morgan fingerprint density at radius 3 is 2.93 bits per heavy atom. The van der Waals surface area contributed by atoms with Crippen molar-refractivity contribution in [2.24, 2.45) is 0 Å². The Kier molecular flexibility index (Phi) is 6.21. The second-order valence-electron chi connectivity index (χ2n) is 7.16. The average Bonchev–Trinajstić information content (AvgIpc) is 3.11. The topological polar surface area (TPSA) is 88.3 Å². The van der Waals surface area contributed by atoms with Crippen LogP contribution in [0.25, 0.3) is 0 Å². The van der Waals surface area contributed by atoms with E-state index in [2.05, 4.69) is 15.5 Å². The van der Waals surface area contributed by atoms with E-state index in [1.807, 2.05) is 38.1 Å². The van der Waals surface area contributed by atoms with Crippen LogP contribution >= 0.6 is 0 Å². The van der Waals surface area contributed by atoms with Gasteiger partial charge >= 0.3 is 0 Å². The monoisotopic (exact) mass is 370 g/mol. The minimum Gasteiger partial charge on any atom is -0.339 e. The molecule has 2 amide bonds. The number of aryl methyl sites for hydroxylation is 1. The van der Waals surface area contributed by atoms with E-state index < -0.39 is 0 Å². The molecule has 7 heteroatoms. The summed E-state index contributed by atoms with van der Waals surface area (Å²) in [4.78, 5) is 30.4. The first-order chi connectivity index (χ1) is 13.0. The second-order valence-corrected chi connectivity index (χ2v) is 7.16. The molecule has 1 aromatic carbocycles. The number of aromatic nitrogens is 2.